The molecule has 0 fully saturated rings. The van der Waals surface area contributed by atoms with E-state index in [4.69, 9.17) is 10.2 Å². The topological polar surface area (TPSA) is 69.6 Å². The second kappa shape index (κ2) is 8.97. The highest BCUT2D eigenvalue weighted by atomic mass is 16.3. The normalized spacial score (nSPS) is 12.7. The second-order valence-electron chi connectivity index (χ2n) is 3.45. The van der Waals surface area contributed by atoms with Gasteiger partial charge >= 0.3 is 0 Å². The number of hydrogen-bond donors (Lipinski definition) is 3. The molecule has 4 nitrogen and oxygen atoms in total. The van der Waals surface area contributed by atoms with Crippen LogP contribution in [0.1, 0.15) is 33.1 Å². The van der Waals surface area contributed by atoms with E-state index in [0.29, 0.717) is 19.4 Å². The Morgan fingerprint density at radius 3 is 2.44 bits per heavy atom. The summed E-state index contributed by atoms with van der Waals surface area (Å²) >= 11 is 0. The minimum Gasteiger partial charge on any atom is -0.510 e. The molecule has 3 N–H and O–H groups in total. The Balaban J connectivity index is 4.15. The van der Waals surface area contributed by atoms with Crippen LogP contribution in [-0.4, -0.2) is 29.3 Å². The van der Waals surface area contributed by atoms with Crippen molar-refractivity contribution in [2.45, 2.75) is 33.1 Å². The molecule has 0 aromatic carbocycles. The van der Waals surface area contributed by atoms with E-state index in [1.165, 1.54) is 6.08 Å². The van der Waals surface area contributed by atoms with E-state index in [0.717, 1.165) is 12.0 Å². The Labute approximate surface area is 96.7 Å². The fourth-order valence-electron chi connectivity index (χ4n) is 1.20. The number of rotatable bonds is 7. The van der Waals surface area contributed by atoms with E-state index >= 15 is 0 Å². The van der Waals surface area contributed by atoms with Crippen molar-refractivity contribution < 1.29 is 15.0 Å². The molecular weight excluding hydrogens is 206 g/mol. The third-order valence-corrected chi connectivity index (χ3v) is 2.17. The van der Waals surface area contributed by atoms with E-state index in [1.54, 1.807) is 6.08 Å². The molecule has 0 heterocycles. The van der Waals surface area contributed by atoms with Gasteiger partial charge in [0, 0.05) is 13.0 Å². The molecule has 92 valence electrons. The van der Waals surface area contributed by atoms with E-state index in [-0.39, 0.29) is 18.3 Å². The Kier molecular flexibility index (Phi) is 8.25. The molecule has 4 heteroatoms. The minimum absolute atomic E-state index is 0.0391. The fraction of sp³-hybridized carbons (Fsp3) is 0.583. The molecule has 0 saturated heterocycles. The number of carbonyl (C=O) groups is 1. The molecule has 16 heavy (non-hydrogen) atoms. The maximum Gasteiger partial charge on any atom is 0.220 e. The average molecular weight is 227 g/mol. The number of nitrogens with one attached hydrogen (secondary N) is 1. The number of aliphatic hydroxyl groups is 2. The van der Waals surface area contributed by atoms with Crippen LogP contribution < -0.4 is 5.32 Å². The second-order valence-corrected chi connectivity index (χ2v) is 3.45. The summed E-state index contributed by atoms with van der Waals surface area (Å²) in [5.74, 6) is -0.0267. The smallest absolute Gasteiger partial charge is 0.220 e. The van der Waals surface area contributed by atoms with E-state index in [1.807, 2.05) is 13.8 Å². The highest BCUT2D eigenvalue weighted by Crippen LogP contribution is 2.10. The van der Waals surface area contributed by atoms with Gasteiger partial charge in [-0.3, -0.25) is 4.79 Å². The average Bonchev–Trinajstić information content (AvgIpc) is 2.29. The van der Waals surface area contributed by atoms with Crippen LogP contribution >= 0.6 is 0 Å². The van der Waals surface area contributed by atoms with Crippen LogP contribution in [0.3, 0.4) is 0 Å². The van der Waals surface area contributed by atoms with E-state index < -0.39 is 0 Å². The first-order valence-corrected chi connectivity index (χ1v) is 5.59. The van der Waals surface area contributed by atoms with Crippen molar-refractivity contribution in [3.63, 3.8) is 0 Å². The van der Waals surface area contributed by atoms with Crippen molar-refractivity contribution in [2.24, 2.45) is 0 Å². The molecule has 0 bridgehead atoms. The molecule has 0 rings (SSSR count). The number of aliphatic hydroxyl groups excluding tert-OH is 2. The molecule has 0 aromatic rings. The Morgan fingerprint density at radius 2 is 1.94 bits per heavy atom. The van der Waals surface area contributed by atoms with Gasteiger partial charge < -0.3 is 15.5 Å². The summed E-state index contributed by atoms with van der Waals surface area (Å²) in [5.41, 5.74) is 1.08. The molecule has 0 aromatic heterocycles. The first kappa shape index (κ1) is 14.7. The van der Waals surface area contributed by atoms with Gasteiger partial charge in [-0.2, -0.15) is 0 Å². The summed E-state index contributed by atoms with van der Waals surface area (Å²) in [6.45, 7) is 4.17. The minimum atomic E-state index is -0.357. The molecule has 0 atom stereocenters. The summed E-state index contributed by atoms with van der Waals surface area (Å²) in [6.07, 6.45) is 5.19. The maximum absolute atomic E-state index is 11.2. The number of allylic oxidation sites excluding steroid dienone is 3. The predicted molar refractivity (Wildman–Crippen MR) is 64.1 cm³/mol. The van der Waals surface area contributed by atoms with Gasteiger partial charge in [0.15, 0.2) is 0 Å². The molecular formula is C12H21NO3. The predicted octanol–water partition coefficient (Wildman–Crippen LogP) is 1.67. The lowest BCUT2D eigenvalue weighted by Gasteiger charge is -2.04. The fourth-order valence-corrected chi connectivity index (χ4v) is 1.20. The lowest BCUT2D eigenvalue weighted by molar-refractivity contribution is -0.120. The number of hydrogen-bond acceptors (Lipinski definition) is 3. The molecule has 0 aliphatic heterocycles. The van der Waals surface area contributed by atoms with Gasteiger partial charge in [0.05, 0.1) is 0 Å². The van der Waals surface area contributed by atoms with Crippen LogP contribution in [0, 0.1) is 0 Å². The van der Waals surface area contributed by atoms with Crippen molar-refractivity contribution in [3.05, 3.63) is 23.5 Å². The van der Waals surface area contributed by atoms with Crippen molar-refractivity contribution in [1.29, 1.82) is 0 Å². The first-order valence-electron chi connectivity index (χ1n) is 5.59. The van der Waals surface area contributed by atoms with Crippen LogP contribution in [0.25, 0.3) is 0 Å². The summed E-state index contributed by atoms with van der Waals surface area (Å²) in [4.78, 5) is 11.2. The zero-order chi connectivity index (χ0) is 12.4. The van der Waals surface area contributed by atoms with Gasteiger partial charge in [0.25, 0.3) is 0 Å². The largest absolute Gasteiger partial charge is 0.510 e. The third kappa shape index (κ3) is 7.06. The van der Waals surface area contributed by atoms with Crippen LogP contribution in [0.4, 0.5) is 0 Å². The Bertz CT molecular complexity index is 269. The van der Waals surface area contributed by atoms with Gasteiger partial charge in [-0.25, -0.2) is 0 Å². The first-order chi connectivity index (χ1) is 7.63. The summed E-state index contributed by atoms with van der Waals surface area (Å²) in [7, 11) is 0. The maximum atomic E-state index is 11.2. The molecule has 0 radical (unpaired) electrons. The van der Waals surface area contributed by atoms with Gasteiger partial charge in [0.1, 0.15) is 12.4 Å². The summed E-state index contributed by atoms with van der Waals surface area (Å²) in [6, 6.07) is 0. The lowest BCUT2D eigenvalue weighted by atomic mass is 10.1. The van der Waals surface area contributed by atoms with Crippen molar-refractivity contribution in [2.75, 3.05) is 13.2 Å². The molecule has 0 unspecified atom stereocenters. The number of amides is 1. The van der Waals surface area contributed by atoms with Crippen LogP contribution in [0.2, 0.25) is 0 Å². The quantitative estimate of drug-likeness (QED) is 0.458. The van der Waals surface area contributed by atoms with Gasteiger partial charge in [-0.1, -0.05) is 18.6 Å². The van der Waals surface area contributed by atoms with Gasteiger partial charge in [-0.15, -0.1) is 0 Å². The van der Waals surface area contributed by atoms with E-state index in [9.17, 15) is 4.79 Å². The Morgan fingerprint density at radius 1 is 1.25 bits per heavy atom. The van der Waals surface area contributed by atoms with Crippen molar-refractivity contribution >= 4 is 5.91 Å². The monoisotopic (exact) mass is 227 g/mol. The van der Waals surface area contributed by atoms with Crippen LogP contribution in [-0.2, 0) is 4.79 Å². The van der Waals surface area contributed by atoms with Gasteiger partial charge in [0.2, 0.25) is 5.91 Å². The van der Waals surface area contributed by atoms with Crippen molar-refractivity contribution in [3.8, 4) is 0 Å². The highest BCUT2D eigenvalue weighted by molar-refractivity contribution is 5.76. The lowest BCUT2D eigenvalue weighted by Crippen LogP contribution is -2.22. The molecule has 1 amide bonds. The molecule has 0 aliphatic rings. The number of carbonyl (C=O) groups excluding carboxylic acids is 1. The SMILES string of the molecule is CCNC(=O)CC/C(=C/C=C(/O)CO)CC. The van der Waals surface area contributed by atoms with Crippen molar-refractivity contribution in [1.82, 2.24) is 5.32 Å². The highest BCUT2D eigenvalue weighted by Gasteiger charge is 2.01. The summed E-state index contributed by atoms with van der Waals surface area (Å²) < 4.78 is 0. The van der Waals surface area contributed by atoms with E-state index in [2.05, 4.69) is 5.32 Å². The van der Waals surface area contributed by atoms with Gasteiger partial charge in [-0.05, 0) is 25.8 Å². The summed E-state index contributed by atoms with van der Waals surface area (Å²) in [5, 5.41) is 20.4. The van der Waals surface area contributed by atoms with Crippen LogP contribution in [0.5, 0.6) is 0 Å². The molecule has 0 aliphatic carbocycles. The third-order valence-electron chi connectivity index (χ3n) is 2.17. The molecule has 0 spiro atoms. The van der Waals surface area contributed by atoms with Crippen LogP contribution in [0.15, 0.2) is 23.5 Å². The zero-order valence-electron chi connectivity index (χ0n) is 9.99. The Hall–Kier alpha value is -1.29. The zero-order valence-corrected chi connectivity index (χ0v) is 9.99. The standard InChI is InChI=1S/C12H21NO3/c1-3-10(5-7-11(15)9-14)6-8-12(16)13-4-2/h5,7,14-15H,3-4,6,8-9H2,1-2H3,(H,13,16)/b10-5+,11-7+. The molecule has 0 saturated carbocycles.